The van der Waals surface area contributed by atoms with Crippen molar-refractivity contribution in [3.8, 4) is 0 Å². The maximum Gasteiger partial charge on any atom is 0.308 e. The Kier molecular flexibility index (Phi) is 7.24. The molecule has 26 heavy (non-hydrogen) atoms. The van der Waals surface area contributed by atoms with E-state index in [9.17, 15) is 9.59 Å². The van der Waals surface area contributed by atoms with E-state index in [0.717, 1.165) is 11.3 Å². The van der Waals surface area contributed by atoms with Crippen molar-refractivity contribution in [2.24, 2.45) is 0 Å². The number of hydrogen-bond acceptors (Lipinski definition) is 5. The fraction of sp³-hybridized carbons (Fsp3) is 0.278. The van der Waals surface area contributed by atoms with E-state index in [-0.39, 0.29) is 11.6 Å². The Bertz CT molecular complexity index is 799. The minimum Gasteiger partial charge on any atom is -0.452 e. The summed E-state index contributed by atoms with van der Waals surface area (Å²) in [6.45, 7) is 3.76. The van der Waals surface area contributed by atoms with E-state index in [0.29, 0.717) is 17.3 Å². The molecule has 1 aromatic heterocycles. The molecule has 1 heterocycles. The maximum absolute atomic E-state index is 12.1. The smallest absolute Gasteiger partial charge is 0.308 e. The number of nitrogens with one attached hydrogen (secondary N) is 2. The predicted octanol–water partition coefficient (Wildman–Crippen LogP) is 4.07. The average molecular weight is 396 g/mol. The Morgan fingerprint density at radius 2 is 2.04 bits per heavy atom. The molecule has 6 nitrogen and oxygen atoms in total. The highest BCUT2D eigenvalue weighted by Crippen LogP contribution is 2.20. The van der Waals surface area contributed by atoms with Crippen molar-refractivity contribution in [2.75, 3.05) is 17.2 Å². The molecule has 0 aliphatic rings. The summed E-state index contributed by atoms with van der Waals surface area (Å²) in [5, 5.41) is 6.47. The first-order chi connectivity index (χ1) is 12.4. The molecule has 0 saturated heterocycles. The van der Waals surface area contributed by atoms with E-state index in [1.54, 1.807) is 18.2 Å². The van der Waals surface area contributed by atoms with Gasteiger partial charge in [-0.05, 0) is 43.7 Å². The van der Waals surface area contributed by atoms with Crippen LogP contribution in [-0.4, -0.2) is 29.5 Å². The van der Waals surface area contributed by atoms with E-state index in [1.807, 2.05) is 19.1 Å². The largest absolute Gasteiger partial charge is 0.452 e. The first-order valence-corrected chi connectivity index (χ1v) is 8.73. The van der Waals surface area contributed by atoms with E-state index in [1.165, 1.54) is 13.1 Å². The van der Waals surface area contributed by atoms with E-state index >= 15 is 0 Å². The Balaban J connectivity index is 1.76. The van der Waals surface area contributed by atoms with E-state index < -0.39 is 18.0 Å². The maximum atomic E-state index is 12.1. The van der Waals surface area contributed by atoms with Crippen LogP contribution in [0.2, 0.25) is 10.2 Å². The summed E-state index contributed by atoms with van der Waals surface area (Å²) < 4.78 is 5.12. The normalized spacial score (nSPS) is 11.5. The highest BCUT2D eigenvalue weighted by Gasteiger charge is 2.18. The Morgan fingerprint density at radius 1 is 1.27 bits per heavy atom. The van der Waals surface area contributed by atoms with Crippen LogP contribution in [-0.2, 0) is 14.3 Å². The van der Waals surface area contributed by atoms with Crippen LogP contribution in [0.25, 0.3) is 0 Å². The molecule has 1 amide bonds. The first kappa shape index (κ1) is 20.0. The van der Waals surface area contributed by atoms with Crippen LogP contribution >= 0.6 is 23.2 Å². The molecule has 0 unspecified atom stereocenters. The number of halogens is 2. The van der Waals surface area contributed by atoms with Gasteiger partial charge in [0.15, 0.2) is 11.3 Å². The van der Waals surface area contributed by atoms with Crippen molar-refractivity contribution in [3.05, 3.63) is 52.3 Å². The van der Waals surface area contributed by atoms with Gasteiger partial charge in [0, 0.05) is 23.5 Å². The topological polar surface area (TPSA) is 80.3 Å². The standard InChI is InChI=1S/C18H19Cl2N3O3/c1-11-5-6-13(10-14(11)19)21-9-7-16(24)26-12(2)18(25)23-15-4-3-8-22-17(15)20/h3-6,8,10,12,21H,7,9H2,1-2H3,(H,23,25)/t12-/m0/s1. The van der Waals surface area contributed by atoms with Crippen molar-refractivity contribution in [1.29, 1.82) is 0 Å². The Morgan fingerprint density at radius 3 is 2.73 bits per heavy atom. The average Bonchev–Trinajstić information content (AvgIpc) is 2.60. The quantitative estimate of drug-likeness (QED) is 0.545. The lowest BCUT2D eigenvalue weighted by molar-refractivity contribution is -0.152. The van der Waals surface area contributed by atoms with Gasteiger partial charge < -0.3 is 15.4 Å². The summed E-state index contributed by atoms with van der Waals surface area (Å²) in [6.07, 6.45) is 0.666. The van der Waals surface area contributed by atoms with Crippen molar-refractivity contribution in [1.82, 2.24) is 4.98 Å². The molecular weight excluding hydrogens is 377 g/mol. The molecule has 8 heteroatoms. The summed E-state index contributed by atoms with van der Waals surface area (Å²) in [5.74, 6) is -0.970. The van der Waals surface area contributed by atoms with Crippen LogP contribution in [0, 0.1) is 6.92 Å². The number of benzene rings is 1. The molecule has 0 spiro atoms. The second-order valence-corrected chi connectivity index (χ2v) is 6.37. The lowest BCUT2D eigenvalue weighted by atomic mass is 10.2. The monoisotopic (exact) mass is 395 g/mol. The molecule has 0 saturated carbocycles. The molecule has 0 aliphatic heterocycles. The first-order valence-electron chi connectivity index (χ1n) is 7.97. The van der Waals surface area contributed by atoms with E-state index in [2.05, 4.69) is 15.6 Å². The number of aryl methyl sites for hydroxylation is 1. The van der Waals surface area contributed by atoms with Gasteiger partial charge in [0.25, 0.3) is 5.91 Å². The van der Waals surface area contributed by atoms with Crippen LogP contribution in [0.5, 0.6) is 0 Å². The molecule has 0 bridgehead atoms. The SMILES string of the molecule is Cc1ccc(NCCC(=O)O[C@@H](C)C(=O)Nc2cccnc2Cl)cc1Cl. The molecule has 0 aliphatic carbocycles. The molecule has 2 N–H and O–H groups in total. The molecule has 2 aromatic rings. The van der Waals surface area contributed by atoms with Crippen molar-refractivity contribution >= 4 is 46.5 Å². The predicted molar refractivity (Wildman–Crippen MR) is 103 cm³/mol. The molecule has 1 atom stereocenters. The number of esters is 1. The second-order valence-electron chi connectivity index (χ2n) is 5.60. The fourth-order valence-electron chi connectivity index (χ4n) is 2.03. The minimum absolute atomic E-state index is 0.108. The Labute approximate surface area is 161 Å². The summed E-state index contributed by atoms with van der Waals surface area (Å²) in [5.41, 5.74) is 2.15. The second kappa shape index (κ2) is 9.40. The van der Waals surface area contributed by atoms with Gasteiger partial charge in [0.1, 0.15) is 0 Å². The number of carbonyl (C=O) groups is 2. The van der Waals surface area contributed by atoms with Crippen LogP contribution in [0.1, 0.15) is 18.9 Å². The van der Waals surface area contributed by atoms with Crippen LogP contribution in [0.15, 0.2) is 36.5 Å². The van der Waals surface area contributed by atoms with Crippen molar-refractivity contribution in [2.45, 2.75) is 26.4 Å². The number of ether oxygens (including phenoxy) is 1. The summed E-state index contributed by atoms with van der Waals surface area (Å²) in [4.78, 5) is 27.8. The van der Waals surface area contributed by atoms with Gasteiger partial charge in [-0.3, -0.25) is 9.59 Å². The number of anilines is 2. The number of amides is 1. The Hall–Kier alpha value is -2.31. The van der Waals surface area contributed by atoms with Crippen LogP contribution < -0.4 is 10.6 Å². The molecule has 2 rings (SSSR count). The fourth-order valence-corrected chi connectivity index (χ4v) is 2.38. The molecule has 1 aromatic carbocycles. The van der Waals surface area contributed by atoms with Gasteiger partial charge in [-0.1, -0.05) is 29.3 Å². The van der Waals surface area contributed by atoms with Crippen molar-refractivity contribution < 1.29 is 14.3 Å². The van der Waals surface area contributed by atoms with Crippen LogP contribution in [0.3, 0.4) is 0 Å². The highest BCUT2D eigenvalue weighted by atomic mass is 35.5. The van der Waals surface area contributed by atoms with E-state index in [4.69, 9.17) is 27.9 Å². The van der Waals surface area contributed by atoms with Gasteiger partial charge in [0.05, 0.1) is 12.1 Å². The summed E-state index contributed by atoms with van der Waals surface area (Å²) in [7, 11) is 0. The number of rotatable bonds is 7. The summed E-state index contributed by atoms with van der Waals surface area (Å²) in [6, 6.07) is 8.80. The number of pyridine rings is 1. The van der Waals surface area contributed by atoms with Gasteiger partial charge in [0.2, 0.25) is 0 Å². The third-order valence-corrected chi connectivity index (χ3v) is 4.23. The third-order valence-electron chi connectivity index (χ3n) is 3.52. The zero-order chi connectivity index (χ0) is 19.1. The highest BCUT2D eigenvalue weighted by molar-refractivity contribution is 6.32. The minimum atomic E-state index is -0.951. The van der Waals surface area contributed by atoms with Gasteiger partial charge in [-0.25, -0.2) is 4.98 Å². The number of nitrogens with zero attached hydrogens (tertiary/aromatic N) is 1. The zero-order valence-corrected chi connectivity index (χ0v) is 15.9. The van der Waals surface area contributed by atoms with Gasteiger partial charge >= 0.3 is 5.97 Å². The zero-order valence-electron chi connectivity index (χ0n) is 14.4. The number of hydrogen-bond donors (Lipinski definition) is 2. The molecule has 0 radical (unpaired) electrons. The summed E-state index contributed by atoms with van der Waals surface area (Å²) >= 11 is 11.9. The van der Waals surface area contributed by atoms with Crippen LogP contribution in [0.4, 0.5) is 11.4 Å². The molecule has 138 valence electrons. The molecule has 0 fully saturated rings. The lowest BCUT2D eigenvalue weighted by Gasteiger charge is -2.14. The third kappa shape index (κ3) is 5.89. The lowest BCUT2D eigenvalue weighted by Crippen LogP contribution is -2.30. The van der Waals surface area contributed by atoms with Gasteiger partial charge in [-0.15, -0.1) is 0 Å². The molecular formula is C18H19Cl2N3O3. The van der Waals surface area contributed by atoms with Gasteiger partial charge in [-0.2, -0.15) is 0 Å². The number of aromatic nitrogens is 1. The number of carbonyl (C=O) groups excluding carboxylic acids is 2. The van der Waals surface area contributed by atoms with Crippen molar-refractivity contribution in [3.63, 3.8) is 0 Å².